The van der Waals surface area contributed by atoms with Gasteiger partial charge in [0.05, 0.1) is 18.2 Å². The Hall–Kier alpha value is 0.340. The summed E-state index contributed by atoms with van der Waals surface area (Å²) in [7, 11) is 0. The Labute approximate surface area is 100 Å². The average Bonchev–Trinajstić information content (AvgIpc) is 2.16. The molecular weight excluding hydrogens is 247 g/mol. The Morgan fingerprint density at radius 1 is 1.27 bits per heavy atom. The van der Waals surface area contributed by atoms with Gasteiger partial charge in [-0.25, -0.2) is 0 Å². The van der Waals surface area contributed by atoms with E-state index in [0.717, 1.165) is 0 Å². The standard InChI is InChI=1S/C7H16N2O4.2ClH/c8-2-7(3-10)6(13)5(12)4(11)1-9-7;;/h4-6,9-13H,1-3,8H2;2*1H. The van der Waals surface area contributed by atoms with Gasteiger partial charge in [0, 0.05) is 13.1 Å². The van der Waals surface area contributed by atoms with Gasteiger partial charge in [-0.1, -0.05) is 0 Å². The van der Waals surface area contributed by atoms with Crippen LogP contribution in [0.4, 0.5) is 0 Å². The van der Waals surface area contributed by atoms with Crippen molar-refractivity contribution < 1.29 is 20.4 Å². The molecule has 15 heavy (non-hydrogen) atoms. The van der Waals surface area contributed by atoms with Crippen LogP contribution >= 0.6 is 24.8 Å². The summed E-state index contributed by atoms with van der Waals surface area (Å²) in [5.74, 6) is 0. The lowest BCUT2D eigenvalue weighted by molar-refractivity contribution is -0.130. The predicted octanol–water partition coefficient (Wildman–Crippen LogP) is -2.79. The van der Waals surface area contributed by atoms with Gasteiger partial charge in [-0.2, -0.15) is 0 Å². The topological polar surface area (TPSA) is 119 Å². The zero-order valence-electron chi connectivity index (χ0n) is 8.04. The minimum atomic E-state index is -1.27. The van der Waals surface area contributed by atoms with Crippen LogP contribution in [0.1, 0.15) is 0 Å². The van der Waals surface area contributed by atoms with Crippen molar-refractivity contribution in [1.29, 1.82) is 0 Å². The van der Waals surface area contributed by atoms with Crippen molar-refractivity contribution in [1.82, 2.24) is 5.32 Å². The van der Waals surface area contributed by atoms with Crippen LogP contribution in [0.2, 0.25) is 0 Å². The Bertz CT molecular complexity index is 182. The largest absolute Gasteiger partial charge is 0.394 e. The molecule has 1 aliphatic heterocycles. The highest BCUT2D eigenvalue weighted by molar-refractivity contribution is 5.85. The maximum absolute atomic E-state index is 9.55. The number of piperidine rings is 1. The molecule has 0 aromatic heterocycles. The Morgan fingerprint density at radius 2 is 1.80 bits per heavy atom. The van der Waals surface area contributed by atoms with Crippen molar-refractivity contribution >= 4 is 24.8 Å². The molecule has 4 unspecified atom stereocenters. The number of aliphatic hydroxyl groups excluding tert-OH is 4. The molecule has 8 heteroatoms. The zero-order valence-corrected chi connectivity index (χ0v) is 9.67. The van der Waals surface area contributed by atoms with Crippen LogP contribution in [0, 0.1) is 0 Å². The summed E-state index contributed by atoms with van der Waals surface area (Å²) in [4.78, 5) is 0. The predicted molar refractivity (Wildman–Crippen MR) is 59.4 cm³/mol. The van der Waals surface area contributed by atoms with Gasteiger partial charge >= 0.3 is 0 Å². The molecule has 1 fully saturated rings. The van der Waals surface area contributed by atoms with Crippen molar-refractivity contribution in [3.8, 4) is 0 Å². The molecule has 1 heterocycles. The van der Waals surface area contributed by atoms with E-state index in [-0.39, 0.29) is 44.5 Å². The van der Waals surface area contributed by atoms with Crippen molar-refractivity contribution in [2.24, 2.45) is 5.73 Å². The molecule has 94 valence electrons. The molecule has 0 radical (unpaired) electrons. The monoisotopic (exact) mass is 264 g/mol. The molecule has 0 saturated carbocycles. The van der Waals surface area contributed by atoms with Gasteiger partial charge < -0.3 is 31.5 Å². The molecule has 6 nitrogen and oxygen atoms in total. The van der Waals surface area contributed by atoms with E-state index in [4.69, 9.17) is 10.8 Å². The number of nitrogens with one attached hydrogen (secondary N) is 1. The lowest BCUT2D eigenvalue weighted by Gasteiger charge is -2.44. The molecular formula is C7H18Cl2N2O4. The Kier molecular flexibility index (Phi) is 8.06. The third-order valence-corrected chi connectivity index (χ3v) is 2.59. The highest BCUT2D eigenvalue weighted by Crippen LogP contribution is 2.19. The highest BCUT2D eigenvalue weighted by Gasteiger charge is 2.46. The highest BCUT2D eigenvalue weighted by atomic mass is 35.5. The van der Waals surface area contributed by atoms with E-state index in [1.54, 1.807) is 0 Å². The number of halogens is 2. The van der Waals surface area contributed by atoms with Crippen LogP contribution in [0.25, 0.3) is 0 Å². The molecule has 1 rings (SSSR count). The summed E-state index contributed by atoms with van der Waals surface area (Å²) >= 11 is 0. The smallest absolute Gasteiger partial charge is 0.109 e. The summed E-state index contributed by atoms with van der Waals surface area (Å²) in [6.45, 7) is -0.279. The fraction of sp³-hybridized carbons (Fsp3) is 1.00. The molecule has 0 bridgehead atoms. The second kappa shape index (κ2) is 6.82. The Morgan fingerprint density at radius 3 is 2.20 bits per heavy atom. The number of hydrogen-bond donors (Lipinski definition) is 6. The molecule has 1 saturated heterocycles. The molecule has 1 aliphatic rings. The molecule has 7 N–H and O–H groups in total. The van der Waals surface area contributed by atoms with E-state index < -0.39 is 23.9 Å². The van der Waals surface area contributed by atoms with Crippen molar-refractivity contribution in [2.45, 2.75) is 23.9 Å². The van der Waals surface area contributed by atoms with E-state index in [2.05, 4.69) is 5.32 Å². The van der Waals surface area contributed by atoms with Crippen molar-refractivity contribution in [3.05, 3.63) is 0 Å². The summed E-state index contributed by atoms with van der Waals surface area (Å²) in [6.07, 6.45) is -3.55. The van der Waals surface area contributed by atoms with Crippen LogP contribution in [0.15, 0.2) is 0 Å². The van der Waals surface area contributed by atoms with Gasteiger partial charge in [-0.05, 0) is 0 Å². The minimum absolute atomic E-state index is 0. The maximum atomic E-state index is 9.55. The Balaban J connectivity index is 0. The van der Waals surface area contributed by atoms with E-state index >= 15 is 0 Å². The second-order valence-electron chi connectivity index (χ2n) is 3.40. The van der Waals surface area contributed by atoms with E-state index in [9.17, 15) is 15.3 Å². The average molecular weight is 265 g/mol. The van der Waals surface area contributed by atoms with E-state index in [0.29, 0.717) is 0 Å². The number of hydrogen-bond acceptors (Lipinski definition) is 6. The summed E-state index contributed by atoms with van der Waals surface area (Å²) < 4.78 is 0. The maximum Gasteiger partial charge on any atom is 0.109 e. The van der Waals surface area contributed by atoms with Gasteiger partial charge in [0.15, 0.2) is 0 Å². The van der Waals surface area contributed by atoms with Crippen molar-refractivity contribution in [3.63, 3.8) is 0 Å². The molecule has 0 amide bonds. The first-order valence-corrected chi connectivity index (χ1v) is 4.17. The normalized spacial score (nSPS) is 40.2. The van der Waals surface area contributed by atoms with Crippen LogP contribution < -0.4 is 11.1 Å². The second-order valence-corrected chi connectivity index (χ2v) is 3.40. The van der Waals surface area contributed by atoms with Gasteiger partial charge in [0.25, 0.3) is 0 Å². The summed E-state index contributed by atoms with van der Waals surface area (Å²) in [5, 5.41) is 39.8. The lowest BCUT2D eigenvalue weighted by Crippen LogP contribution is -2.72. The van der Waals surface area contributed by atoms with Gasteiger partial charge in [-0.3, -0.25) is 0 Å². The SMILES string of the molecule is Cl.Cl.NCC1(CO)NCC(O)C(O)C1O. The first-order valence-electron chi connectivity index (χ1n) is 4.17. The number of nitrogens with two attached hydrogens (primary N) is 1. The van der Waals surface area contributed by atoms with Crippen LogP contribution in [-0.4, -0.2) is 64.0 Å². The number of aliphatic hydroxyl groups is 4. The molecule has 0 spiro atoms. The zero-order chi connectivity index (χ0) is 10.1. The number of rotatable bonds is 2. The van der Waals surface area contributed by atoms with Gasteiger partial charge in [0.1, 0.15) is 12.2 Å². The quantitative estimate of drug-likeness (QED) is 0.321. The van der Waals surface area contributed by atoms with Crippen LogP contribution in [-0.2, 0) is 0 Å². The van der Waals surface area contributed by atoms with Crippen LogP contribution in [0.3, 0.4) is 0 Å². The number of β-amino-alcohol motifs (C(OH)–C–C–N with tert-alkyl or cyclic N) is 1. The lowest BCUT2D eigenvalue weighted by atomic mass is 9.83. The van der Waals surface area contributed by atoms with Gasteiger partial charge in [-0.15, -0.1) is 24.8 Å². The molecule has 0 aromatic carbocycles. The third-order valence-electron chi connectivity index (χ3n) is 2.59. The fourth-order valence-corrected chi connectivity index (χ4v) is 1.48. The first kappa shape index (κ1) is 17.7. The van der Waals surface area contributed by atoms with E-state index in [1.165, 1.54) is 0 Å². The summed E-state index contributed by atoms with van der Waals surface area (Å²) in [5.41, 5.74) is 4.27. The van der Waals surface area contributed by atoms with Crippen LogP contribution in [0.5, 0.6) is 0 Å². The first-order chi connectivity index (χ1) is 6.07. The fourth-order valence-electron chi connectivity index (χ4n) is 1.48. The van der Waals surface area contributed by atoms with E-state index in [1.807, 2.05) is 0 Å². The minimum Gasteiger partial charge on any atom is -0.394 e. The third kappa shape index (κ3) is 3.15. The van der Waals surface area contributed by atoms with Gasteiger partial charge in [0.2, 0.25) is 0 Å². The van der Waals surface area contributed by atoms with Crippen molar-refractivity contribution in [2.75, 3.05) is 19.7 Å². The molecule has 0 aromatic rings. The summed E-state index contributed by atoms with van der Waals surface area (Å²) in [6, 6.07) is 0. The molecule has 4 atom stereocenters. The molecule has 0 aliphatic carbocycles.